The maximum absolute atomic E-state index is 12.5. The second-order valence-electron chi connectivity index (χ2n) is 7.13. The SMILES string of the molecule is Cc1nn(-c2ccccc2)c(C)c1/C=C/C(=O)O[C@H](C(=O)N(C)C)c1ccccc1. The first-order valence-corrected chi connectivity index (χ1v) is 9.65. The first kappa shape index (κ1) is 21.0. The van der Waals surface area contributed by atoms with Gasteiger partial charge in [-0.3, -0.25) is 4.79 Å². The number of benzene rings is 2. The zero-order chi connectivity index (χ0) is 21.7. The Labute approximate surface area is 176 Å². The average molecular weight is 403 g/mol. The minimum Gasteiger partial charge on any atom is -0.444 e. The van der Waals surface area contributed by atoms with Gasteiger partial charge in [0.05, 0.1) is 11.4 Å². The van der Waals surface area contributed by atoms with Crippen LogP contribution in [-0.2, 0) is 14.3 Å². The van der Waals surface area contributed by atoms with Crippen molar-refractivity contribution in [3.8, 4) is 5.69 Å². The highest BCUT2D eigenvalue weighted by molar-refractivity contribution is 5.91. The highest BCUT2D eigenvalue weighted by Crippen LogP contribution is 2.22. The Kier molecular flexibility index (Phi) is 6.47. The molecule has 0 unspecified atom stereocenters. The Morgan fingerprint density at radius 3 is 2.20 bits per heavy atom. The molecule has 0 aliphatic heterocycles. The predicted octanol–water partition coefficient (Wildman–Crippen LogP) is 3.88. The van der Waals surface area contributed by atoms with Crippen LogP contribution in [-0.4, -0.2) is 40.7 Å². The lowest BCUT2D eigenvalue weighted by molar-refractivity contribution is -0.155. The van der Waals surface area contributed by atoms with Gasteiger partial charge >= 0.3 is 5.97 Å². The van der Waals surface area contributed by atoms with E-state index in [9.17, 15) is 9.59 Å². The van der Waals surface area contributed by atoms with Crippen LogP contribution in [0.2, 0.25) is 0 Å². The van der Waals surface area contributed by atoms with Crippen LogP contribution < -0.4 is 0 Å². The van der Waals surface area contributed by atoms with Gasteiger partial charge in [0, 0.05) is 37.0 Å². The van der Waals surface area contributed by atoms with Crippen molar-refractivity contribution in [3.05, 3.63) is 89.3 Å². The fourth-order valence-electron chi connectivity index (χ4n) is 3.15. The van der Waals surface area contributed by atoms with Gasteiger partial charge in [0.1, 0.15) is 0 Å². The molecule has 1 atom stereocenters. The van der Waals surface area contributed by atoms with Gasteiger partial charge < -0.3 is 9.64 Å². The normalized spacial score (nSPS) is 12.0. The second kappa shape index (κ2) is 9.22. The summed E-state index contributed by atoms with van der Waals surface area (Å²) >= 11 is 0. The van der Waals surface area contributed by atoms with E-state index >= 15 is 0 Å². The van der Waals surface area contributed by atoms with E-state index < -0.39 is 12.1 Å². The summed E-state index contributed by atoms with van der Waals surface area (Å²) in [6.45, 7) is 3.83. The smallest absolute Gasteiger partial charge is 0.331 e. The highest BCUT2D eigenvalue weighted by atomic mass is 16.5. The van der Waals surface area contributed by atoms with Crippen LogP contribution in [0.4, 0.5) is 0 Å². The number of hydrogen-bond donors (Lipinski definition) is 0. The van der Waals surface area contributed by atoms with E-state index in [2.05, 4.69) is 5.10 Å². The highest BCUT2D eigenvalue weighted by Gasteiger charge is 2.25. The van der Waals surface area contributed by atoms with Gasteiger partial charge in [-0.15, -0.1) is 0 Å². The van der Waals surface area contributed by atoms with Crippen LogP contribution in [0.15, 0.2) is 66.7 Å². The molecule has 154 valence electrons. The Morgan fingerprint density at radius 2 is 1.60 bits per heavy atom. The number of esters is 1. The molecule has 0 aliphatic carbocycles. The Hall–Kier alpha value is -3.67. The summed E-state index contributed by atoms with van der Waals surface area (Å²) in [4.78, 5) is 26.5. The third-order valence-electron chi connectivity index (χ3n) is 4.74. The number of rotatable bonds is 6. The number of carbonyl (C=O) groups excluding carboxylic acids is 2. The van der Waals surface area contributed by atoms with Crippen LogP contribution in [0.3, 0.4) is 0 Å². The van der Waals surface area contributed by atoms with E-state index in [0.717, 1.165) is 22.6 Å². The van der Waals surface area contributed by atoms with E-state index in [1.54, 1.807) is 44.4 Å². The van der Waals surface area contributed by atoms with Crippen LogP contribution in [0, 0.1) is 13.8 Å². The van der Waals surface area contributed by atoms with E-state index in [-0.39, 0.29) is 5.91 Å². The van der Waals surface area contributed by atoms with Crippen molar-refractivity contribution in [2.45, 2.75) is 20.0 Å². The Morgan fingerprint density at radius 1 is 1.00 bits per heavy atom. The lowest BCUT2D eigenvalue weighted by Gasteiger charge is -2.20. The lowest BCUT2D eigenvalue weighted by Crippen LogP contribution is -2.30. The minimum atomic E-state index is -0.993. The molecular formula is C24H25N3O3. The van der Waals surface area contributed by atoms with Crippen molar-refractivity contribution in [2.24, 2.45) is 0 Å². The number of hydrogen-bond acceptors (Lipinski definition) is 4. The molecule has 0 saturated carbocycles. The topological polar surface area (TPSA) is 64.4 Å². The van der Waals surface area contributed by atoms with Crippen LogP contribution >= 0.6 is 0 Å². The number of ether oxygens (including phenoxy) is 1. The number of aromatic nitrogens is 2. The Bertz CT molecular complexity index is 1050. The number of para-hydroxylation sites is 1. The van der Waals surface area contributed by atoms with Gasteiger partial charge in [-0.1, -0.05) is 48.5 Å². The monoisotopic (exact) mass is 403 g/mol. The van der Waals surface area contributed by atoms with Crippen LogP contribution in [0.25, 0.3) is 11.8 Å². The maximum Gasteiger partial charge on any atom is 0.331 e. The van der Waals surface area contributed by atoms with Gasteiger partial charge in [-0.05, 0) is 32.1 Å². The molecule has 3 aromatic rings. The fraction of sp³-hybridized carbons (Fsp3) is 0.208. The predicted molar refractivity (Wildman–Crippen MR) is 116 cm³/mol. The molecule has 30 heavy (non-hydrogen) atoms. The average Bonchev–Trinajstić information content (AvgIpc) is 3.04. The summed E-state index contributed by atoms with van der Waals surface area (Å²) in [5.74, 6) is -0.891. The number of carbonyl (C=O) groups is 2. The summed E-state index contributed by atoms with van der Waals surface area (Å²) < 4.78 is 7.34. The van der Waals surface area contributed by atoms with Gasteiger partial charge in [-0.2, -0.15) is 5.10 Å². The number of nitrogens with zero attached hydrogens (tertiary/aromatic N) is 3. The molecule has 0 aliphatic rings. The molecule has 0 N–H and O–H groups in total. The van der Waals surface area contributed by atoms with Gasteiger partial charge in [-0.25, -0.2) is 9.48 Å². The molecule has 0 bridgehead atoms. The molecule has 6 nitrogen and oxygen atoms in total. The molecule has 0 saturated heterocycles. The fourth-order valence-corrected chi connectivity index (χ4v) is 3.15. The largest absolute Gasteiger partial charge is 0.444 e. The van der Waals surface area contributed by atoms with Crippen molar-refractivity contribution in [1.29, 1.82) is 0 Å². The number of amides is 1. The third-order valence-corrected chi connectivity index (χ3v) is 4.74. The maximum atomic E-state index is 12.5. The molecule has 1 amide bonds. The van der Waals surface area contributed by atoms with Crippen molar-refractivity contribution in [3.63, 3.8) is 0 Å². The molecule has 1 heterocycles. The molecule has 6 heteroatoms. The molecule has 3 rings (SSSR count). The molecule has 0 radical (unpaired) electrons. The molecule has 0 spiro atoms. The minimum absolute atomic E-state index is 0.299. The van der Waals surface area contributed by atoms with Crippen molar-refractivity contribution >= 4 is 18.0 Å². The summed E-state index contributed by atoms with van der Waals surface area (Å²) in [5, 5.41) is 4.57. The van der Waals surface area contributed by atoms with Crippen LogP contribution in [0.5, 0.6) is 0 Å². The summed E-state index contributed by atoms with van der Waals surface area (Å²) in [6, 6.07) is 18.8. The number of likely N-dealkylation sites (N-methyl/N-ethyl adjacent to an activating group) is 1. The van der Waals surface area contributed by atoms with Crippen molar-refractivity contribution in [2.75, 3.05) is 14.1 Å². The number of aryl methyl sites for hydroxylation is 1. The molecule has 2 aromatic carbocycles. The van der Waals surface area contributed by atoms with E-state index in [0.29, 0.717) is 5.56 Å². The summed E-state index contributed by atoms with van der Waals surface area (Å²) in [6.07, 6.45) is 2.03. The van der Waals surface area contributed by atoms with E-state index in [1.807, 2.05) is 54.9 Å². The molecule has 0 fully saturated rings. The lowest BCUT2D eigenvalue weighted by atomic mass is 10.1. The molecular weight excluding hydrogens is 378 g/mol. The summed E-state index contributed by atoms with van der Waals surface area (Å²) in [5.41, 5.74) is 4.12. The van der Waals surface area contributed by atoms with Gasteiger partial charge in [0.25, 0.3) is 5.91 Å². The Balaban J connectivity index is 1.81. The quantitative estimate of drug-likeness (QED) is 0.463. The van der Waals surface area contributed by atoms with Gasteiger partial charge in [0.2, 0.25) is 6.10 Å². The van der Waals surface area contributed by atoms with E-state index in [1.165, 1.54) is 11.0 Å². The zero-order valence-electron chi connectivity index (χ0n) is 17.6. The summed E-state index contributed by atoms with van der Waals surface area (Å²) in [7, 11) is 3.26. The van der Waals surface area contributed by atoms with Crippen molar-refractivity contribution in [1.82, 2.24) is 14.7 Å². The zero-order valence-corrected chi connectivity index (χ0v) is 17.6. The second-order valence-corrected chi connectivity index (χ2v) is 7.13. The van der Waals surface area contributed by atoms with Gasteiger partial charge in [0.15, 0.2) is 0 Å². The van der Waals surface area contributed by atoms with Crippen LogP contribution in [0.1, 0.15) is 28.6 Å². The molecule has 1 aromatic heterocycles. The third kappa shape index (κ3) is 4.66. The van der Waals surface area contributed by atoms with Crippen molar-refractivity contribution < 1.29 is 14.3 Å². The first-order chi connectivity index (χ1) is 14.4. The standard InChI is InChI=1S/C24H25N3O3/c1-17-21(18(2)27(25-17)20-13-9-6-10-14-20)15-16-22(28)30-23(24(29)26(3)4)19-11-7-5-8-12-19/h5-16,23H,1-4H3/b16-15+/t23-/m0/s1. The van der Waals surface area contributed by atoms with E-state index in [4.69, 9.17) is 4.74 Å². The first-order valence-electron chi connectivity index (χ1n) is 9.65.